The molecule has 0 saturated carbocycles. The van der Waals surface area contributed by atoms with E-state index >= 15 is 0 Å². The Morgan fingerprint density at radius 1 is 1.09 bits per heavy atom. The van der Waals surface area contributed by atoms with Gasteiger partial charge in [-0.05, 0) is 51.6 Å². The van der Waals surface area contributed by atoms with Gasteiger partial charge in [0.25, 0.3) is 0 Å². The van der Waals surface area contributed by atoms with E-state index in [-0.39, 0.29) is 11.8 Å². The first-order valence-electron chi connectivity index (χ1n) is 10.9. The fourth-order valence-corrected chi connectivity index (χ4v) is 5.03. The Morgan fingerprint density at radius 2 is 1.85 bits per heavy atom. The topological polar surface area (TPSA) is 136 Å². The van der Waals surface area contributed by atoms with Crippen LogP contribution in [0.25, 0.3) is 10.6 Å². The lowest BCUT2D eigenvalue weighted by molar-refractivity contribution is -0.127. The fraction of sp³-hybridized carbons (Fsp3) is 0.391. The van der Waals surface area contributed by atoms with Gasteiger partial charge in [0.15, 0.2) is 5.13 Å². The second-order valence-corrected chi connectivity index (χ2v) is 9.86. The largest absolute Gasteiger partial charge is 0.343 e. The molecule has 2 amide bonds. The second kappa shape index (κ2) is 12.0. The molecule has 0 saturated heterocycles. The van der Waals surface area contributed by atoms with Crippen LogP contribution in [0.3, 0.4) is 0 Å². The molecule has 2 heterocycles. The Balaban J connectivity index is 1.69. The number of amides is 2. The molecule has 3 rings (SSSR count). The third kappa shape index (κ3) is 7.16. The summed E-state index contributed by atoms with van der Waals surface area (Å²) in [7, 11) is 0. The van der Waals surface area contributed by atoms with Crippen LogP contribution in [0.1, 0.15) is 35.5 Å². The summed E-state index contributed by atoms with van der Waals surface area (Å²) in [5.41, 5.74) is 14.3. The molecule has 8 nitrogen and oxygen atoms in total. The maximum Gasteiger partial charge on any atom is 0.248 e. The van der Waals surface area contributed by atoms with E-state index in [0.29, 0.717) is 37.4 Å². The Labute approximate surface area is 201 Å². The summed E-state index contributed by atoms with van der Waals surface area (Å²) in [6.45, 7) is 4.36. The summed E-state index contributed by atoms with van der Waals surface area (Å²) in [6, 6.07) is 8.40. The van der Waals surface area contributed by atoms with Gasteiger partial charge in [-0.1, -0.05) is 30.3 Å². The SMILES string of the molecule is Cc1nc(C)c(-c2csc(NC(=O)[C@@H](CCc3ccccc3)NC(=O)[C@@H](N)CCCN)n2)s1. The first-order chi connectivity index (χ1) is 15.9. The molecule has 0 aliphatic rings. The van der Waals surface area contributed by atoms with Gasteiger partial charge in [-0.3, -0.25) is 9.59 Å². The van der Waals surface area contributed by atoms with Crippen LogP contribution in [0.15, 0.2) is 35.7 Å². The van der Waals surface area contributed by atoms with Gasteiger partial charge in [0, 0.05) is 5.38 Å². The van der Waals surface area contributed by atoms with Gasteiger partial charge in [-0.2, -0.15) is 0 Å². The number of anilines is 1. The lowest BCUT2D eigenvalue weighted by atomic mass is 10.0. The number of nitrogens with two attached hydrogens (primary N) is 2. The lowest BCUT2D eigenvalue weighted by Crippen LogP contribution is -2.50. The predicted octanol–water partition coefficient (Wildman–Crippen LogP) is 3.01. The summed E-state index contributed by atoms with van der Waals surface area (Å²) < 4.78 is 0. The quantitative estimate of drug-likeness (QED) is 0.329. The van der Waals surface area contributed by atoms with Crippen molar-refractivity contribution in [1.82, 2.24) is 15.3 Å². The molecule has 0 fully saturated rings. The van der Waals surface area contributed by atoms with E-state index in [4.69, 9.17) is 11.5 Å². The van der Waals surface area contributed by atoms with Crippen LogP contribution in [0.5, 0.6) is 0 Å². The third-order valence-electron chi connectivity index (χ3n) is 5.12. The minimum absolute atomic E-state index is 0.316. The van der Waals surface area contributed by atoms with Crippen molar-refractivity contribution in [2.75, 3.05) is 11.9 Å². The fourth-order valence-electron chi connectivity index (χ4n) is 3.37. The highest BCUT2D eigenvalue weighted by Gasteiger charge is 2.24. The number of thiazole rings is 2. The highest BCUT2D eigenvalue weighted by atomic mass is 32.1. The molecular formula is C23H30N6O2S2. The number of hydrogen-bond acceptors (Lipinski definition) is 8. The van der Waals surface area contributed by atoms with E-state index in [0.717, 1.165) is 26.8 Å². The van der Waals surface area contributed by atoms with Crippen molar-refractivity contribution >= 4 is 39.6 Å². The molecule has 0 spiro atoms. The highest BCUT2D eigenvalue weighted by Crippen LogP contribution is 2.32. The molecule has 0 aliphatic carbocycles. The van der Waals surface area contributed by atoms with Crippen molar-refractivity contribution in [3.05, 3.63) is 52.0 Å². The number of aromatic nitrogens is 2. The first-order valence-corrected chi connectivity index (χ1v) is 12.6. The minimum Gasteiger partial charge on any atom is -0.343 e. The normalized spacial score (nSPS) is 12.8. The van der Waals surface area contributed by atoms with Crippen LogP contribution in [-0.4, -0.2) is 40.4 Å². The average molecular weight is 487 g/mol. The standard InChI is InChI=1S/C23H30N6O2S2/c1-14-20(33-15(2)26-14)19-13-32-23(28-19)29-22(31)18(11-10-16-7-4-3-5-8-16)27-21(30)17(25)9-6-12-24/h3-5,7-8,13,17-18H,6,9-12,24-25H2,1-2H3,(H,27,30)(H,28,29,31)/t17-,18+/m0/s1. The van der Waals surface area contributed by atoms with Crippen molar-refractivity contribution in [2.45, 2.75) is 51.6 Å². The zero-order valence-electron chi connectivity index (χ0n) is 18.8. The van der Waals surface area contributed by atoms with Crippen molar-refractivity contribution in [3.63, 3.8) is 0 Å². The molecule has 1 aromatic carbocycles. The maximum absolute atomic E-state index is 13.1. The number of nitrogens with zero attached hydrogens (tertiary/aromatic N) is 2. The van der Waals surface area contributed by atoms with Gasteiger partial charge in [-0.15, -0.1) is 22.7 Å². The summed E-state index contributed by atoms with van der Waals surface area (Å²) in [6.07, 6.45) is 2.20. The number of aryl methyl sites for hydroxylation is 3. The van der Waals surface area contributed by atoms with Gasteiger partial charge in [0.1, 0.15) is 6.04 Å². The second-order valence-electron chi connectivity index (χ2n) is 7.80. The van der Waals surface area contributed by atoms with Crippen LogP contribution in [0, 0.1) is 13.8 Å². The number of carbonyl (C=O) groups is 2. The van der Waals surface area contributed by atoms with Gasteiger partial charge < -0.3 is 22.1 Å². The molecule has 33 heavy (non-hydrogen) atoms. The molecule has 0 radical (unpaired) electrons. The zero-order valence-corrected chi connectivity index (χ0v) is 20.5. The molecule has 0 unspecified atom stereocenters. The number of benzene rings is 1. The van der Waals surface area contributed by atoms with Crippen LogP contribution in [0.4, 0.5) is 5.13 Å². The van der Waals surface area contributed by atoms with Gasteiger partial charge in [0.2, 0.25) is 11.8 Å². The summed E-state index contributed by atoms with van der Waals surface area (Å²) in [5.74, 6) is -0.671. The number of nitrogens with one attached hydrogen (secondary N) is 2. The first kappa shape index (κ1) is 25.0. The van der Waals surface area contributed by atoms with E-state index < -0.39 is 12.1 Å². The van der Waals surface area contributed by atoms with Crippen LogP contribution >= 0.6 is 22.7 Å². The lowest BCUT2D eigenvalue weighted by Gasteiger charge is -2.20. The van der Waals surface area contributed by atoms with Crippen molar-refractivity contribution < 1.29 is 9.59 Å². The molecular weight excluding hydrogens is 456 g/mol. The number of rotatable bonds is 11. The molecule has 10 heteroatoms. The maximum atomic E-state index is 13.1. The van der Waals surface area contributed by atoms with E-state index in [9.17, 15) is 9.59 Å². The molecule has 0 aliphatic heterocycles. The average Bonchev–Trinajstić information content (AvgIpc) is 3.40. The predicted molar refractivity (Wildman–Crippen MR) is 134 cm³/mol. The van der Waals surface area contributed by atoms with Crippen molar-refractivity contribution in [2.24, 2.45) is 11.5 Å². The van der Waals surface area contributed by atoms with Crippen LogP contribution in [-0.2, 0) is 16.0 Å². The van der Waals surface area contributed by atoms with Crippen LogP contribution < -0.4 is 22.1 Å². The van der Waals surface area contributed by atoms with E-state index in [2.05, 4.69) is 20.6 Å². The number of hydrogen-bond donors (Lipinski definition) is 4. The smallest absolute Gasteiger partial charge is 0.248 e. The van der Waals surface area contributed by atoms with E-state index in [1.54, 1.807) is 11.3 Å². The van der Waals surface area contributed by atoms with Crippen LogP contribution in [0.2, 0.25) is 0 Å². The summed E-state index contributed by atoms with van der Waals surface area (Å²) in [5, 5.41) is 9.02. The third-order valence-corrected chi connectivity index (χ3v) is 6.98. The monoisotopic (exact) mass is 486 g/mol. The van der Waals surface area contributed by atoms with Gasteiger partial charge in [-0.25, -0.2) is 9.97 Å². The number of carbonyl (C=O) groups excluding carboxylic acids is 2. The molecule has 176 valence electrons. The summed E-state index contributed by atoms with van der Waals surface area (Å²) in [4.78, 5) is 35.7. The Kier molecular flexibility index (Phi) is 9.07. The molecule has 2 atom stereocenters. The zero-order chi connectivity index (χ0) is 23.8. The van der Waals surface area contributed by atoms with Crippen molar-refractivity contribution in [3.8, 4) is 10.6 Å². The molecule has 0 bridgehead atoms. The Morgan fingerprint density at radius 3 is 2.52 bits per heavy atom. The van der Waals surface area contributed by atoms with E-state index in [1.807, 2.05) is 49.6 Å². The Bertz CT molecular complexity index is 1070. The van der Waals surface area contributed by atoms with Gasteiger partial charge >= 0.3 is 0 Å². The van der Waals surface area contributed by atoms with Crippen molar-refractivity contribution in [1.29, 1.82) is 0 Å². The van der Waals surface area contributed by atoms with Gasteiger partial charge in [0.05, 0.1) is 27.3 Å². The summed E-state index contributed by atoms with van der Waals surface area (Å²) >= 11 is 2.91. The molecule has 2 aromatic heterocycles. The molecule has 6 N–H and O–H groups in total. The Hall–Kier alpha value is -2.66. The molecule has 3 aromatic rings. The minimum atomic E-state index is -0.735. The van der Waals surface area contributed by atoms with E-state index in [1.165, 1.54) is 11.3 Å². The highest BCUT2D eigenvalue weighted by molar-refractivity contribution is 7.16.